The van der Waals surface area contributed by atoms with Crippen LogP contribution in [-0.2, 0) is 0 Å². The summed E-state index contributed by atoms with van der Waals surface area (Å²) in [7, 11) is 0. The third-order valence-electron chi connectivity index (χ3n) is 4.41. The van der Waals surface area contributed by atoms with Crippen LogP contribution in [0.3, 0.4) is 0 Å². The van der Waals surface area contributed by atoms with Crippen LogP contribution in [-0.4, -0.2) is 25.7 Å². The number of benzene rings is 1. The molecule has 8 heteroatoms. The van der Waals surface area contributed by atoms with Crippen LogP contribution in [0.25, 0.3) is 5.82 Å². The molecule has 0 radical (unpaired) electrons. The summed E-state index contributed by atoms with van der Waals surface area (Å²) in [5.74, 6) is 1.54. The molecule has 0 saturated heterocycles. The van der Waals surface area contributed by atoms with Gasteiger partial charge in [-0.1, -0.05) is 0 Å². The van der Waals surface area contributed by atoms with Crippen LogP contribution >= 0.6 is 11.3 Å². The standard InChI is InChI=1S/C21H19N5O2S/c1-13-10-18(29-11-13)21(27)23-16-4-6-17(7-5-16)28-20-9-8-19(24-25-20)26-12-22-14(2)15(26)3/h4-12H,1-3H3,(H,23,27). The second-order valence-electron chi connectivity index (χ2n) is 6.58. The van der Waals surface area contributed by atoms with E-state index in [1.54, 1.807) is 36.7 Å². The minimum Gasteiger partial charge on any atom is -0.438 e. The number of thiophene rings is 1. The number of carbonyl (C=O) groups excluding carboxylic acids is 1. The molecule has 0 fully saturated rings. The number of carbonyl (C=O) groups is 1. The highest BCUT2D eigenvalue weighted by molar-refractivity contribution is 7.12. The van der Waals surface area contributed by atoms with E-state index in [-0.39, 0.29) is 5.91 Å². The number of aryl methyl sites for hydroxylation is 2. The third kappa shape index (κ3) is 4.17. The van der Waals surface area contributed by atoms with Crippen LogP contribution in [0.2, 0.25) is 0 Å². The van der Waals surface area contributed by atoms with Gasteiger partial charge in [-0.25, -0.2) is 4.98 Å². The SMILES string of the molecule is Cc1csc(C(=O)Nc2ccc(Oc3ccc(-n4cnc(C)c4C)nn3)cc2)c1. The summed E-state index contributed by atoms with van der Waals surface area (Å²) in [5, 5.41) is 13.2. The molecular formula is C21H19N5O2S. The molecule has 0 bridgehead atoms. The third-order valence-corrected chi connectivity index (χ3v) is 5.46. The lowest BCUT2D eigenvalue weighted by molar-refractivity contribution is 0.103. The molecule has 0 saturated carbocycles. The number of hydrogen-bond acceptors (Lipinski definition) is 6. The lowest BCUT2D eigenvalue weighted by Crippen LogP contribution is -2.09. The predicted molar refractivity (Wildman–Crippen MR) is 112 cm³/mol. The fourth-order valence-electron chi connectivity index (χ4n) is 2.70. The second-order valence-corrected chi connectivity index (χ2v) is 7.50. The molecule has 7 nitrogen and oxygen atoms in total. The summed E-state index contributed by atoms with van der Waals surface area (Å²) in [4.78, 5) is 17.2. The van der Waals surface area contributed by atoms with E-state index in [0.29, 0.717) is 28.0 Å². The molecule has 0 aliphatic carbocycles. The van der Waals surface area contributed by atoms with E-state index in [2.05, 4.69) is 20.5 Å². The van der Waals surface area contributed by atoms with Gasteiger partial charge >= 0.3 is 0 Å². The number of aromatic nitrogens is 4. The van der Waals surface area contributed by atoms with E-state index in [1.807, 2.05) is 42.9 Å². The van der Waals surface area contributed by atoms with Gasteiger partial charge in [0, 0.05) is 17.4 Å². The van der Waals surface area contributed by atoms with Gasteiger partial charge < -0.3 is 10.1 Å². The Bertz CT molecular complexity index is 1150. The van der Waals surface area contributed by atoms with Crippen molar-refractivity contribution in [1.82, 2.24) is 19.7 Å². The molecule has 0 aliphatic heterocycles. The predicted octanol–water partition coefficient (Wildman–Crippen LogP) is 4.69. The fraction of sp³-hybridized carbons (Fsp3) is 0.143. The zero-order valence-corrected chi connectivity index (χ0v) is 17.0. The molecule has 1 amide bonds. The molecule has 3 aromatic heterocycles. The summed E-state index contributed by atoms with van der Waals surface area (Å²) in [6, 6.07) is 12.6. The molecule has 146 valence electrons. The van der Waals surface area contributed by atoms with E-state index in [1.165, 1.54) is 11.3 Å². The topological polar surface area (TPSA) is 81.9 Å². The lowest BCUT2D eigenvalue weighted by atomic mass is 10.3. The monoisotopic (exact) mass is 405 g/mol. The average Bonchev–Trinajstić information content (AvgIpc) is 3.30. The molecule has 29 heavy (non-hydrogen) atoms. The maximum absolute atomic E-state index is 12.2. The Labute approximate surface area is 172 Å². The van der Waals surface area contributed by atoms with Gasteiger partial charge in [-0.05, 0) is 68.1 Å². The fourth-order valence-corrected chi connectivity index (χ4v) is 3.49. The highest BCUT2D eigenvalue weighted by atomic mass is 32.1. The molecule has 0 spiro atoms. The number of rotatable bonds is 5. The lowest BCUT2D eigenvalue weighted by Gasteiger charge is -2.08. The molecular weight excluding hydrogens is 386 g/mol. The van der Waals surface area contributed by atoms with E-state index >= 15 is 0 Å². The molecule has 3 heterocycles. The first-order valence-corrected chi connectivity index (χ1v) is 9.86. The van der Waals surface area contributed by atoms with E-state index in [0.717, 1.165) is 17.0 Å². The normalized spacial score (nSPS) is 10.7. The first kappa shape index (κ1) is 18.8. The van der Waals surface area contributed by atoms with Gasteiger partial charge in [-0.15, -0.1) is 21.5 Å². The molecule has 1 aromatic carbocycles. The van der Waals surface area contributed by atoms with Crippen molar-refractivity contribution in [2.24, 2.45) is 0 Å². The summed E-state index contributed by atoms with van der Waals surface area (Å²) in [6.07, 6.45) is 1.72. The Kier molecular flexibility index (Phi) is 5.09. The average molecular weight is 405 g/mol. The largest absolute Gasteiger partial charge is 0.438 e. The van der Waals surface area contributed by atoms with Crippen LogP contribution in [0, 0.1) is 20.8 Å². The molecule has 4 aromatic rings. The van der Waals surface area contributed by atoms with Gasteiger partial charge in [0.05, 0.1) is 10.6 Å². The Hall–Kier alpha value is -3.52. The van der Waals surface area contributed by atoms with Gasteiger partial charge in [0.1, 0.15) is 12.1 Å². The van der Waals surface area contributed by atoms with Gasteiger partial charge in [0.25, 0.3) is 5.91 Å². The molecule has 0 aliphatic rings. The zero-order chi connectivity index (χ0) is 20.4. The highest BCUT2D eigenvalue weighted by Gasteiger charge is 2.09. The first-order chi connectivity index (χ1) is 14.0. The number of amides is 1. The highest BCUT2D eigenvalue weighted by Crippen LogP contribution is 2.23. The number of nitrogens with zero attached hydrogens (tertiary/aromatic N) is 4. The minimum absolute atomic E-state index is 0.122. The van der Waals surface area contributed by atoms with Crippen molar-refractivity contribution >= 4 is 22.9 Å². The van der Waals surface area contributed by atoms with Gasteiger partial charge in [-0.2, -0.15) is 0 Å². The van der Waals surface area contributed by atoms with Crippen molar-refractivity contribution in [3.8, 4) is 17.4 Å². The Balaban J connectivity index is 1.41. The summed E-state index contributed by atoms with van der Waals surface area (Å²) >= 11 is 1.43. The van der Waals surface area contributed by atoms with Crippen molar-refractivity contribution in [2.45, 2.75) is 20.8 Å². The molecule has 1 N–H and O–H groups in total. The number of anilines is 1. The quantitative estimate of drug-likeness (QED) is 0.521. The molecule has 4 rings (SSSR count). The maximum Gasteiger partial charge on any atom is 0.265 e. The Morgan fingerprint density at radius 1 is 1.07 bits per heavy atom. The zero-order valence-electron chi connectivity index (χ0n) is 16.2. The maximum atomic E-state index is 12.2. The van der Waals surface area contributed by atoms with E-state index < -0.39 is 0 Å². The minimum atomic E-state index is -0.122. The van der Waals surface area contributed by atoms with Crippen LogP contribution in [0.15, 0.2) is 54.2 Å². The van der Waals surface area contributed by atoms with Crippen LogP contribution in [0.5, 0.6) is 11.6 Å². The second kappa shape index (κ2) is 7.84. The van der Waals surface area contributed by atoms with Crippen molar-refractivity contribution in [1.29, 1.82) is 0 Å². The Morgan fingerprint density at radius 3 is 2.45 bits per heavy atom. The van der Waals surface area contributed by atoms with Crippen molar-refractivity contribution in [3.05, 3.63) is 76.0 Å². The van der Waals surface area contributed by atoms with Crippen molar-refractivity contribution < 1.29 is 9.53 Å². The first-order valence-electron chi connectivity index (χ1n) is 8.98. The number of ether oxygens (including phenoxy) is 1. The van der Waals surface area contributed by atoms with Crippen molar-refractivity contribution in [3.63, 3.8) is 0 Å². The van der Waals surface area contributed by atoms with E-state index in [4.69, 9.17) is 4.74 Å². The van der Waals surface area contributed by atoms with Gasteiger partial charge in [0.2, 0.25) is 5.88 Å². The summed E-state index contributed by atoms with van der Waals surface area (Å²) < 4.78 is 7.62. The number of hydrogen-bond donors (Lipinski definition) is 1. The molecule has 0 atom stereocenters. The van der Waals surface area contributed by atoms with E-state index in [9.17, 15) is 4.79 Å². The van der Waals surface area contributed by atoms with Crippen LogP contribution in [0.1, 0.15) is 26.6 Å². The molecule has 0 unspecified atom stereocenters. The van der Waals surface area contributed by atoms with Crippen LogP contribution in [0.4, 0.5) is 5.69 Å². The van der Waals surface area contributed by atoms with Crippen molar-refractivity contribution in [2.75, 3.05) is 5.32 Å². The smallest absolute Gasteiger partial charge is 0.265 e. The van der Waals surface area contributed by atoms with Crippen LogP contribution < -0.4 is 10.1 Å². The number of imidazole rings is 1. The van der Waals surface area contributed by atoms with Gasteiger partial charge in [-0.3, -0.25) is 9.36 Å². The Morgan fingerprint density at radius 2 is 1.86 bits per heavy atom. The summed E-state index contributed by atoms with van der Waals surface area (Å²) in [5.41, 5.74) is 3.74. The number of nitrogens with one attached hydrogen (secondary N) is 1. The van der Waals surface area contributed by atoms with Gasteiger partial charge in [0.15, 0.2) is 5.82 Å². The summed E-state index contributed by atoms with van der Waals surface area (Å²) in [6.45, 7) is 5.89.